The van der Waals surface area contributed by atoms with Crippen LogP contribution in [0, 0.1) is 5.92 Å². The van der Waals surface area contributed by atoms with Gasteiger partial charge in [-0.05, 0) is 19.1 Å². The minimum absolute atomic E-state index is 0.0254. The second-order valence-corrected chi connectivity index (χ2v) is 5.42. The monoisotopic (exact) mass is 244 g/mol. The minimum atomic E-state index is -0.316. The molecule has 0 saturated carbocycles. The van der Waals surface area contributed by atoms with Crippen molar-refractivity contribution in [2.45, 2.75) is 32.9 Å². The number of nitrogens with one attached hydrogen (secondary N) is 1. The molecule has 2 amide bonds. The largest absolute Gasteiger partial charge is 0.345 e. The summed E-state index contributed by atoms with van der Waals surface area (Å²) in [6.45, 7) is 6.09. The lowest BCUT2D eigenvalue weighted by Gasteiger charge is -2.40. The average Bonchev–Trinajstić information content (AvgIpc) is 2.20. The van der Waals surface area contributed by atoms with Crippen LogP contribution >= 0.6 is 11.8 Å². The van der Waals surface area contributed by atoms with Crippen molar-refractivity contribution in [3.63, 3.8) is 0 Å². The van der Waals surface area contributed by atoms with E-state index in [0.717, 1.165) is 5.75 Å². The highest BCUT2D eigenvalue weighted by atomic mass is 32.2. The van der Waals surface area contributed by atoms with Gasteiger partial charge in [-0.25, -0.2) is 0 Å². The fourth-order valence-electron chi connectivity index (χ4n) is 2.11. The second-order valence-electron chi connectivity index (χ2n) is 4.51. The molecule has 0 aromatic rings. The van der Waals surface area contributed by atoms with Crippen molar-refractivity contribution in [3.8, 4) is 0 Å². The van der Waals surface area contributed by atoms with Gasteiger partial charge in [-0.15, -0.1) is 0 Å². The molecule has 1 aliphatic heterocycles. The first-order valence-electron chi connectivity index (χ1n) is 5.56. The topological polar surface area (TPSA) is 49.4 Å². The third kappa shape index (κ3) is 2.70. The quantitative estimate of drug-likeness (QED) is 0.793. The third-order valence-corrected chi connectivity index (χ3v) is 3.60. The molecule has 2 atom stereocenters. The second kappa shape index (κ2) is 5.57. The van der Waals surface area contributed by atoms with Gasteiger partial charge in [0.1, 0.15) is 6.04 Å². The van der Waals surface area contributed by atoms with Crippen molar-refractivity contribution < 1.29 is 9.59 Å². The first-order valence-corrected chi connectivity index (χ1v) is 6.96. The van der Waals surface area contributed by atoms with Gasteiger partial charge < -0.3 is 10.2 Å². The van der Waals surface area contributed by atoms with Gasteiger partial charge in [0.2, 0.25) is 11.8 Å². The molecule has 1 rings (SSSR count). The van der Waals surface area contributed by atoms with Crippen LogP contribution < -0.4 is 5.32 Å². The van der Waals surface area contributed by atoms with Gasteiger partial charge >= 0.3 is 0 Å². The van der Waals surface area contributed by atoms with Crippen LogP contribution in [0.2, 0.25) is 0 Å². The lowest BCUT2D eigenvalue weighted by Crippen LogP contribution is -2.63. The zero-order chi connectivity index (χ0) is 12.3. The van der Waals surface area contributed by atoms with Crippen LogP contribution in [0.25, 0.3) is 0 Å². The molecular formula is C11H20N2O2S. The molecule has 5 heteroatoms. The summed E-state index contributed by atoms with van der Waals surface area (Å²) >= 11 is 1.69. The zero-order valence-electron chi connectivity index (χ0n) is 10.3. The summed E-state index contributed by atoms with van der Waals surface area (Å²) in [7, 11) is 0. The highest BCUT2D eigenvalue weighted by Crippen LogP contribution is 2.19. The van der Waals surface area contributed by atoms with Crippen molar-refractivity contribution in [1.29, 1.82) is 0 Å². The van der Waals surface area contributed by atoms with Crippen molar-refractivity contribution >= 4 is 23.6 Å². The van der Waals surface area contributed by atoms with Crippen LogP contribution in [0.4, 0.5) is 0 Å². The number of carbonyl (C=O) groups is 2. The smallest absolute Gasteiger partial charge is 0.243 e. The fourth-order valence-corrected chi connectivity index (χ4v) is 2.75. The Hall–Kier alpha value is -0.710. The lowest BCUT2D eigenvalue weighted by molar-refractivity contribution is -0.149. The number of hydrogen-bond donors (Lipinski definition) is 1. The van der Waals surface area contributed by atoms with E-state index >= 15 is 0 Å². The Bertz CT molecular complexity index is 281. The SMILES string of the molecule is CSCC(C)N1C(=O)CNC(=O)C1C(C)C. The van der Waals surface area contributed by atoms with E-state index in [1.165, 1.54) is 0 Å². The summed E-state index contributed by atoms with van der Waals surface area (Å²) in [4.78, 5) is 25.4. The Morgan fingerprint density at radius 1 is 1.44 bits per heavy atom. The summed E-state index contributed by atoms with van der Waals surface area (Å²) in [5.74, 6) is 1.01. The van der Waals surface area contributed by atoms with Gasteiger partial charge in [0.15, 0.2) is 0 Å². The number of thioether (sulfide) groups is 1. The molecule has 0 bridgehead atoms. The molecule has 1 aliphatic rings. The number of carbonyl (C=O) groups excluding carboxylic acids is 2. The van der Waals surface area contributed by atoms with E-state index in [4.69, 9.17) is 0 Å². The van der Waals surface area contributed by atoms with Gasteiger partial charge in [-0.3, -0.25) is 9.59 Å². The van der Waals surface area contributed by atoms with Crippen molar-refractivity contribution in [2.75, 3.05) is 18.6 Å². The number of hydrogen-bond acceptors (Lipinski definition) is 3. The summed E-state index contributed by atoms with van der Waals surface area (Å²) in [6.07, 6.45) is 2.01. The van der Waals surface area contributed by atoms with E-state index in [2.05, 4.69) is 5.32 Å². The van der Waals surface area contributed by atoms with Gasteiger partial charge in [0.05, 0.1) is 6.54 Å². The predicted molar refractivity (Wildman–Crippen MR) is 66.3 cm³/mol. The van der Waals surface area contributed by atoms with E-state index < -0.39 is 0 Å². The maximum Gasteiger partial charge on any atom is 0.243 e. The number of rotatable bonds is 4. The summed E-state index contributed by atoms with van der Waals surface area (Å²) < 4.78 is 0. The standard InChI is InChI=1S/C11H20N2O2S/c1-7(2)10-11(15)12-5-9(14)13(10)8(3)6-16-4/h7-8,10H,5-6H2,1-4H3,(H,12,15). The maximum absolute atomic E-state index is 11.9. The van der Waals surface area contributed by atoms with Crippen molar-refractivity contribution in [1.82, 2.24) is 10.2 Å². The molecule has 0 radical (unpaired) electrons. The molecule has 16 heavy (non-hydrogen) atoms. The molecule has 1 N–H and O–H groups in total. The van der Waals surface area contributed by atoms with Crippen LogP contribution in [0.1, 0.15) is 20.8 Å². The number of nitrogens with zero attached hydrogens (tertiary/aromatic N) is 1. The molecule has 1 fully saturated rings. The Kier molecular flexibility index (Phi) is 4.65. The number of piperazine rings is 1. The number of amides is 2. The van der Waals surface area contributed by atoms with Gasteiger partial charge in [-0.2, -0.15) is 11.8 Å². The summed E-state index contributed by atoms with van der Waals surface area (Å²) in [5, 5.41) is 2.65. The Morgan fingerprint density at radius 2 is 2.06 bits per heavy atom. The highest BCUT2D eigenvalue weighted by Gasteiger charge is 2.38. The molecule has 0 spiro atoms. The van der Waals surface area contributed by atoms with E-state index in [1.54, 1.807) is 16.7 Å². The molecule has 1 heterocycles. The summed E-state index contributed by atoms with van der Waals surface area (Å²) in [5.41, 5.74) is 0. The van der Waals surface area contributed by atoms with Crippen LogP contribution in [0.3, 0.4) is 0 Å². The minimum Gasteiger partial charge on any atom is -0.345 e. The van der Waals surface area contributed by atoms with Crippen LogP contribution in [0.15, 0.2) is 0 Å². The molecule has 0 aromatic heterocycles. The third-order valence-electron chi connectivity index (χ3n) is 2.78. The zero-order valence-corrected chi connectivity index (χ0v) is 11.1. The summed E-state index contributed by atoms with van der Waals surface area (Å²) in [6, 6.07) is -0.204. The van der Waals surface area contributed by atoms with E-state index in [9.17, 15) is 9.59 Å². The normalized spacial score (nSPS) is 23.6. The first-order chi connectivity index (χ1) is 7.49. The molecule has 4 nitrogen and oxygen atoms in total. The first kappa shape index (κ1) is 13.4. The van der Waals surface area contributed by atoms with Crippen molar-refractivity contribution in [3.05, 3.63) is 0 Å². The Balaban J connectivity index is 2.88. The van der Waals surface area contributed by atoms with Crippen LogP contribution in [-0.4, -0.2) is 47.4 Å². The molecule has 1 saturated heterocycles. The van der Waals surface area contributed by atoms with Crippen LogP contribution in [0.5, 0.6) is 0 Å². The van der Waals surface area contributed by atoms with E-state index in [1.807, 2.05) is 27.0 Å². The lowest BCUT2D eigenvalue weighted by atomic mass is 9.98. The predicted octanol–water partition coefficient (Wildman–Crippen LogP) is 0.721. The Labute approximate surface area is 101 Å². The van der Waals surface area contributed by atoms with E-state index in [0.29, 0.717) is 0 Å². The molecule has 0 aromatic carbocycles. The molecule has 2 unspecified atom stereocenters. The Morgan fingerprint density at radius 3 is 2.56 bits per heavy atom. The van der Waals surface area contributed by atoms with Gasteiger partial charge in [0, 0.05) is 11.8 Å². The average molecular weight is 244 g/mol. The molecule has 92 valence electrons. The van der Waals surface area contributed by atoms with Gasteiger partial charge in [0.25, 0.3) is 0 Å². The maximum atomic E-state index is 11.9. The fraction of sp³-hybridized carbons (Fsp3) is 0.818. The van der Waals surface area contributed by atoms with Gasteiger partial charge in [-0.1, -0.05) is 13.8 Å². The van der Waals surface area contributed by atoms with Crippen LogP contribution in [-0.2, 0) is 9.59 Å². The van der Waals surface area contributed by atoms with E-state index in [-0.39, 0.29) is 36.4 Å². The van der Waals surface area contributed by atoms with Crippen molar-refractivity contribution in [2.24, 2.45) is 5.92 Å². The molecular weight excluding hydrogens is 224 g/mol. The highest BCUT2D eigenvalue weighted by molar-refractivity contribution is 7.98. The molecule has 0 aliphatic carbocycles.